The minimum atomic E-state index is 0. The molecule has 0 bridgehead atoms. The maximum Gasteiger partial charge on any atom is 0.223 e. The molecule has 1 saturated carbocycles. The fourth-order valence-electron chi connectivity index (χ4n) is 2.25. The van der Waals surface area contributed by atoms with Crippen molar-refractivity contribution in [2.75, 3.05) is 26.2 Å². The number of hydrogen-bond donors (Lipinski definition) is 3. The number of carbonyl (C=O) groups excluding carboxylic acids is 1. The fraction of sp³-hybridized carbons (Fsp3) is 0.529. The first kappa shape index (κ1) is 22.3. The third kappa shape index (κ3) is 8.96. The highest BCUT2D eigenvalue weighted by Crippen LogP contribution is 2.28. The van der Waals surface area contributed by atoms with Gasteiger partial charge in [-0.2, -0.15) is 0 Å². The van der Waals surface area contributed by atoms with Crippen LogP contribution in [0.2, 0.25) is 10.0 Å². The van der Waals surface area contributed by atoms with Crippen molar-refractivity contribution < 1.29 is 4.79 Å². The van der Waals surface area contributed by atoms with Gasteiger partial charge in [0.15, 0.2) is 5.96 Å². The molecule has 0 unspecified atom stereocenters. The number of carbonyl (C=O) groups is 1. The summed E-state index contributed by atoms with van der Waals surface area (Å²) in [5.74, 6) is 1.15. The van der Waals surface area contributed by atoms with Crippen LogP contribution in [-0.4, -0.2) is 38.0 Å². The number of guanidine groups is 1. The van der Waals surface area contributed by atoms with Gasteiger partial charge in [-0.1, -0.05) is 23.2 Å². The molecular formula is C17H25Cl2IN4O. The van der Waals surface area contributed by atoms with E-state index in [1.54, 1.807) is 6.07 Å². The molecule has 0 aromatic heterocycles. The second-order valence-corrected chi connectivity index (χ2v) is 6.65. The highest BCUT2D eigenvalue weighted by molar-refractivity contribution is 14.0. The largest absolute Gasteiger partial charge is 0.357 e. The van der Waals surface area contributed by atoms with E-state index in [1.807, 2.05) is 19.1 Å². The SMILES string of the molecule is CCNC(=NCCc1cc(Cl)cc(Cl)c1)NCCNC(=O)C1CC1.I. The van der Waals surface area contributed by atoms with Gasteiger partial charge in [-0.15, -0.1) is 24.0 Å². The summed E-state index contributed by atoms with van der Waals surface area (Å²) in [4.78, 5) is 16.1. The summed E-state index contributed by atoms with van der Waals surface area (Å²) in [5, 5.41) is 10.6. The van der Waals surface area contributed by atoms with Crippen LogP contribution in [0.25, 0.3) is 0 Å². The van der Waals surface area contributed by atoms with Crippen LogP contribution in [0.4, 0.5) is 0 Å². The molecule has 1 amide bonds. The summed E-state index contributed by atoms with van der Waals surface area (Å²) in [7, 11) is 0. The van der Waals surface area contributed by atoms with E-state index in [1.165, 1.54) is 0 Å². The molecule has 3 N–H and O–H groups in total. The van der Waals surface area contributed by atoms with Crippen molar-refractivity contribution in [2.45, 2.75) is 26.2 Å². The molecule has 0 atom stereocenters. The summed E-state index contributed by atoms with van der Waals surface area (Å²) in [5.41, 5.74) is 1.06. The molecule has 25 heavy (non-hydrogen) atoms. The van der Waals surface area contributed by atoms with E-state index in [0.717, 1.165) is 37.3 Å². The van der Waals surface area contributed by atoms with Gasteiger partial charge in [0.05, 0.1) is 0 Å². The molecule has 1 aromatic carbocycles. The first-order valence-corrected chi connectivity index (χ1v) is 9.09. The lowest BCUT2D eigenvalue weighted by atomic mass is 10.1. The summed E-state index contributed by atoms with van der Waals surface area (Å²) in [6.45, 7) is 4.67. The number of amides is 1. The average Bonchev–Trinajstić information content (AvgIpc) is 3.35. The van der Waals surface area contributed by atoms with Gasteiger partial charge in [0.2, 0.25) is 5.91 Å². The van der Waals surface area contributed by atoms with Crippen LogP contribution in [0.3, 0.4) is 0 Å². The van der Waals surface area contributed by atoms with Crippen LogP contribution in [0.15, 0.2) is 23.2 Å². The van der Waals surface area contributed by atoms with Gasteiger partial charge < -0.3 is 16.0 Å². The van der Waals surface area contributed by atoms with Crippen LogP contribution in [-0.2, 0) is 11.2 Å². The van der Waals surface area contributed by atoms with E-state index in [9.17, 15) is 4.79 Å². The minimum absolute atomic E-state index is 0. The molecule has 140 valence electrons. The molecule has 2 rings (SSSR count). The first-order chi connectivity index (χ1) is 11.6. The van der Waals surface area contributed by atoms with Gasteiger partial charge in [0, 0.05) is 42.1 Å². The number of hydrogen-bond acceptors (Lipinski definition) is 2. The van der Waals surface area contributed by atoms with Crippen LogP contribution in [0.5, 0.6) is 0 Å². The summed E-state index contributed by atoms with van der Waals surface area (Å²) < 4.78 is 0. The highest BCUT2D eigenvalue weighted by Gasteiger charge is 2.28. The van der Waals surface area contributed by atoms with E-state index in [0.29, 0.717) is 29.7 Å². The van der Waals surface area contributed by atoms with Crippen molar-refractivity contribution in [1.82, 2.24) is 16.0 Å². The second kappa shape index (κ2) is 11.8. The number of aliphatic imine (C=N–C) groups is 1. The zero-order valence-electron chi connectivity index (χ0n) is 14.3. The van der Waals surface area contributed by atoms with Gasteiger partial charge in [-0.25, -0.2) is 0 Å². The number of nitrogens with zero attached hydrogens (tertiary/aromatic N) is 1. The van der Waals surface area contributed by atoms with Crippen molar-refractivity contribution >= 4 is 59.0 Å². The number of rotatable bonds is 8. The Morgan fingerprint density at radius 1 is 1.12 bits per heavy atom. The Morgan fingerprint density at radius 2 is 1.76 bits per heavy atom. The van der Waals surface area contributed by atoms with Gasteiger partial charge in [0.1, 0.15) is 0 Å². The molecule has 1 aliphatic carbocycles. The Labute approximate surface area is 176 Å². The molecule has 0 saturated heterocycles. The smallest absolute Gasteiger partial charge is 0.223 e. The van der Waals surface area contributed by atoms with Crippen molar-refractivity contribution in [3.8, 4) is 0 Å². The van der Waals surface area contributed by atoms with Crippen LogP contribution in [0.1, 0.15) is 25.3 Å². The molecule has 0 heterocycles. The third-order valence-electron chi connectivity index (χ3n) is 3.60. The van der Waals surface area contributed by atoms with Crippen molar-refractivity contribution in [3.05, 3.63) is 33.8 Å². The van der Waals surface area contributed by atoms with Crippen LogP contribution in [0, 0.1) is 5.92 Å². The molecule has 0 radical (unpaired) electrons. The fourth-order valence-corrected chi connectivity index (χ4v) is 2.82. The van der Waals surface area contributed by atoms with Crippen molar-refractivity contribution in [3.63, 3.8) is 0 Å². The topological polar surface area (TPSA) is 65.5 Å². The van der Waals surface area contributed by atoms with Gasteiger partial charge in [-0.3, -0.25) is 9.79 Å². The predicted molar refractivity (Wildman–Crippen MR) is 115 cm³/mol. The maximum atomic E-state index is 11.6. The van der Waals surface area contributed by atoms with Gasteiger partial charge in [0.25, 0.3) is 0 Å². The number of nitrogens with one attached hydrogen (secondary N) is 3. The molecule has 0 spiro atoms. The molecular weight excluding hydrogens is 474 g/mol. The molecule has 8 heteroatoms. The second-order valence-electron chi connectivity index (χ2n) is 5.78. The van der Waals surface area contributed by atoms with Crippen LogP contribution < -0.4 is 16.0 Å². The van der Waals surface area contributed by atoms with Crippen molar-refractivity contribution in [2.24, 2.45) is 10.9 Å². The minimum Gasteiger partial charge on any atom is -0.357 e. The van der Waals surface area contributed by atoms with Crippen LogP contribution >= 0.6 is 47.2 Å². The van der Waals surface area contributed by atoms with E-state index >= 15 is 0 Å². The predicted octanol–water partition coefficient (Wildman–Crippen LogP) is 3.24. The Bertz CT molecular complexity index is 574. The lowest BCUT2D eigenvalue weighted by Gasteiger charge is -2.12. The number of benzene rings is 1. The van der Waals surface area contributed by atoms with Gasteiger partial charge in [-0.05, 0) is 49.9 Å². The maximum absolute atomic E-state index is 11.6. The lowest BCUT2D eigenvalue weighted by Crippen LogP contribution is -2.41. The highest BCUT2D eigenvalue weighted by atomic mass is 127. The average molecular weight is 499 g/mol. The van der Waals surface area contributed by atoms with E-state index in [4.69, 9.17) is 23.2 Å². The van der Waals surface area contributed by atoms with Crippen molar-refractivity contribution in [1.29, 1.82) is 0 Å². The molecule has 1 fully saturated rings. The molecule has 1 aliphatic rings. The Balaban J connectivity index is 0.00000312. The van der Waals surface area contributed by atoms with Gasteiger partial charge >= 0.3 is 0 Å². The zero-order chi connectivity index (χ0) is 17.4. The molecule has 1 aromatic rings. The molecule has 5 nitrogen and oxygen atoms in total. The van der Waals surface area contributed by atoms with E-state index < -0.39 is 0 Å². The standard InChI is InChI=1S/C17H24Cl2N4O.HI/c1-2-20-17(23-8-7-21-16(24)13-3-4-13)22-6-5-12-9-14(18)11-15(19)10-12;/h9-11,13H,2-8H2,1H3,(H,21,24)(H2,20,22,23);1H. The normalized spacial score (nSPS) is 13.8. The molecule has 0 aliphatic heterocycles. The third-order valence-corrected chi connectivity index (χ3v) is 4.04. The monoisotopic (exact) mass is 498 g/mol. The summed E-state index contributed by atoms with van der Waals surface area (Å²) in [6.07, 6.45) is 2.81. The Morgan fingerprint density at radius 3 is 2.36 bits per heavy atom. The number of halogens is 3. The van der Waals surface area contributed by atoms with E-state index in [-0.39, 0.29) is 35.8 Å². The van der Waals surface area contributed by atoms with E-state index in [2.05, 4.69) is 20.9 Å². The Hall–Kier alpha value is -0.730. The summed E-state index contributed by atoms with van der Waals surface area (Å²) in [6, 6.07) is 5.52. The quantitative estimate of drug-likeness (QED) is 0.223. The Kier molecular flexibility index (Phi) is 10.5. The zero-order valence-corrected chi connectivity index (χ0v) is 18.1. The summed E-state index contributed by atoms with van der Waals surface area (Å²) >= 11 is 12.0. The lowest BCUT2D eigenvalue weighted by molar-refractivity contribution is -0.122. The first-order valence-electron chi connectivity index (χ1n) is 8.33.